The highest BCUT2D eigenvalue weighted by Crippen LogP contribution is 2.70. The van der Waals surface area contributed by atoms with Crippen molar-refractivity contribution >= 4 is 29.5 Å². The van der Waals surface area contributed by atoms with E-state index in [-0.39, 0.29) is 12.1 Å². The van der Waals surface area contributed by atoms with E-state index in [1.165, 1.54) is 62.9 Å². The Hall–Kier alpha value is 0.130. The second-order valence-corrected chi connectivity index (χ2v) is 17.0. The Morgan fingerprint density at radius 1 is 1.03 bits per heavy atom. The SMILES string of the molecule is CC(=O)O[C@H]1CC[C@@]2(C)[C@@H](CC[C@@H]3[C@@H]2CC[C@]2(C)[C@H]4[C@@H](C)[C@H](CC[C@@H](C)C5SCCS5)O[C@H]4C[C@@H]32)C1. The highest BCUT2D eigenvalue weighted by molar-refractivity contribution is 8.20. The molecule has 0 aromatic rings. The molecule has 0 aromatic heterocycles. The van der Waals surface area contributed by atoms with Crippen molar-refractivity contribution in [3.8, 4) is 0 Å². The predicted molar refractivity (Wildman–Crippen MR) is 151 cm³/mol. The van der Waals surface area contributed by atoms with Crippen molar-refractivity contribution < 1.29 is 14.3 Å². The zero-order chi connectivity index (χ0) is 25.2. The van der Waals surface area contributed by atoms with E-state index in [1.54, 1.807) is 6.92 Å². The molecule has 0 amide bonds. The average Bonchev–Trinajstić information content (AvgIpc) is 3.54. The first-order valence-electron chi connectivity index (χ1n) is 15.3. The van der Waals surface area contributed by atoms with E-state index in [0.29, 0.717) is 29.0 Å². The highest BCUT2D eigenvalue weighted by Gasteiger charge is 2.65. The molecule has 0 radical (unpaired) electrons. The summed E-state index contributed by atoms with van der Waals surface area (Å²) < 4.78 is 13.5. The van der Waals surface area contributed by atoms with Crippen LogP contribution in [0, 0.1) is 52.3 Å². The van der Waals surface area contributed by atoms with Crippen LogP contribution in [0.1, 0.15) is 98.8 Å². The monoisotopic (exact) mass is 534 g/mol. The number of hydrogen-bond donors (Lipinski definition) is 0. The van der Waals surface area contributed by atoms with Crippen LogP contribution in [0.3, 0.4) is 0 Å². The van der Waals surface area contributed by atoms with Crippen LogP contribution >= 0.6 is 23.5 Å². The van der Waals surface area contributed by atoms with Crippen molar-refractivity contribution in [1.29, 1.82) is 0 Å². The maximum Gasteiger partial charge on any atom is 0.302 e. The molecule has 12 atom stereocenters. The van der Waals surface area contributed by atoms with Gasteiger partial charge in [0.15, 0.2) is 0 Å². The van der Waals surface area contributed by atoms with E-state index in [2.05, 4.69) is 51.2 Å². The van der Waals surface area contributed by atoms with Gasteiger partial charge in [0.25, 0.3) is 0 Å². The van der Waals surface area contributed by atoms with Crippen molar-refractivity contribution in [2.24, 2.45) is 52.3 Å². The van der Waals surface area contributed by atoms with Gasteiger partial charge in [-0.15, -0.1) is 23.5 Å². The molecule has 6 aliphatic rings. The fourth-order valence-corrected chi connectivity index (χ4v) is 14.0. The number of carbonyl (C=O) groups is 1. The number of fused-ring (bicyclic) bond motifs is 7. The standard InChI is InChI=1S/C31H50O3S2/c1-18(29-35-14-15-36-29)6-9-26-19(2)28-27(34-26)17-25-23-8-7-21-16-22(33-20(3)32)10-12-30(21,4)24(23)11-13-31(25,28)5/h18-19,21-29H,6-17H2,1-5H3/t18-,19+,21+,22+,23-,24+,25+,26+,27+,28+,30+,31+/m1/s1. The first-order valence-corrected chi connectivity index (χ1v) is 17.4. The first-order chi connectivity index (χ1) is 17.2. The molecule has 4 aliphatic carbocycles. The van der Waals surface area contributed by atoms with Crippen molar-refractivity contribution in [1.82, 2.24) is 0 Å². The van der Waals surface area contributed by atoms with E-state index in [4.69, 9.17) is 9.47 Å². The molecule has 0 N–H and O–H groups in total. The molecule has 0 spiro atoms. The maximum absolute atomic E-state index is 11.6. The van der Waals surface area contributed by atoms with Crippen molar-refractivity contribution in [2.45, 2.75) is 122 Å². The lowest BCUT2D eigenvalue weighted by Crippen LogP contribution is -2.54. The molecule has 2 heterocycles. The lowest BCUT2D eigenvalue weighted by atomic mass is 9.44. The number of thioether (sulfide) groups is 2. The number of esters is 1. The summed E-state index contributed by atoms with van der Waals surface area (Å²) in [5, 5.41) is 0. The van der Waals surface area contributed by atoms with Gasteiger partial charge in [-0.05, 0) is 116 Å². The minimum absolute atomic E-state index is 0.0959. The van der Waals surface area contributed by atoms with Crippen LogP contribution in [0.25, 0.3) is 0 Å². The summed E-state index contributed by atoms with van der Waals surface area (Å²) in [6, 6.07) is 0. The van der Waals surface area contributed by atoms with Crippen LogP contribution < -0.4 is 0 Å². The second kappa shape index (κ2) is 9.95. The smallest absolute Gasteiger partial charge is 0.302 e. The van der Waals surface area contributed by atoms with Crippen LogP contribution in [-0.4, -0.2) is 40.4 Å². The number of carbonyl (C=O) groups excluding carboxylic acids is 1. The Morgan fingerprint density at radius 2 is 1.78 bits per heavy atom. The van der Waals surface area contributed by atoms with Gasteiger partial charge in [0.2, 0.25) is 0 Å². The quantitative estimate of drug-likeness (QED) is 0.336. The van der Waals surface area contributed by atoms with Gasteiger partial charge in [-0.25, -0.2) is 0 Å². The minimum atomic E-state index is -0.0959. The molecule has 4 saturated carbocycles. The van der Waals surface area contributed by atoms with E-state index in [0.717, 1.165) is 52.9 Å². The Morgan fingerprint density at radius 3 is 2.53 bits per heavy atom. The summed E-state index contributed by atoms with van der Waals surface area (Å²) in [7, 11) is 0. The third-order valence-electron chi connectivity index (χ3n) is 12.6. The molecule has 36 heavy (non-hydrogen) atoms. The Bertz CT molecular complexity index is 829. The van der Waals surface area contributed by atoms with E-state index >= 15 is 0 Å². The third kappa shape index (κ3) is 4.32. The van der Waals surface area contributed by atoms with E-state index in [9.17, 15) is 4.79 Å². The van der Waals surface area contributed by atoms with Gasteiger partial charge in [-0.1, -0.05) is 27.7 Å². The first kappa shape index (κ1) is 26.4. The van der Waals surface area contributed by atoms with Crippen LogP contribution in [0.4, 0.5) is 0 Å². The Balaban J connectivity index is 1.11. The molecule has 0 bridgehead atoms. The number of hydrogen-bond acceptors (Lipinski definition) is 5. The Kier molecular flexibility index (Phi) is 7.29. The fourth-order valence-electron chi connectivity index (χ4n) is 10.8. The van der Waals surface area contributed by atoms with Crippen molar-refractivity contribution in [2.75, 3.05) is 11.5 Å². The van der Waals surface area contributed by atoms with Gasteiger partial charge in [0.05, 0.1) is 16.8 Å². The van der Waals surface area contributed by atoms with Crippen LogP contribution in [0.15, 0.2) is 0 Å². The zero-order valence-electron chi connectivity index (χ0n) is 23.4. The van der Waals surface area contributed by atoms with Crippen LogP contribution in [-0.2, 0) is 14.3 Å². The minimum Gasteiger partial charge on any atom is -0.463 e. The molecule has 3 nitrogen and oxygen atoms in total. The lowest BCUT2D eigenvalue weighted by molar-refractivity contribution is -0.160. The van der Waals surface area contributed by atoms with Gasteiger partial charge in [0.1, 0.15) is 6.10 Å². The normalized spacial score (nSPS) is 51.2. The van der Waals surface area contributed by atoms with Crippen molar-refractivity contribution in [3.05, 3.63) is 0 Å². The molecule has 2 saturated heterocycles. The molecule has 2 aliphatic heterocycles. The second-order valence-electron chi connectivity index (χ2n) is 14.2. The summed E-state index contributed by atoms with van der Waals surface area (Å²) in [6.07, 6.45) is 14.0. The van der Waals surface area contributed by atoms with Crippen LogP contribution in [0.5, 0.6) is 0 Å². The zero-order valence-corrected chi connectivity index (χ0v) is 25.0. The molecule has 0 aromatic carbocycles. The lowest BCUT2D eigenvalue weighted by Gasteiger charge is -2.61. The predicted octanol–water partition coefficient (Wildman–Crippen LogP) is 7.81. The highest BCUT2D eigenvalue weighted by atomic mass is 32.2. The summed E-state index contributed by atoms with van der Waals surface area (Å²) in [5.74, 6) is 8.21. The summed E-state index contributed by atoms with van der Waals surface area (Å²) in [5.41, 5.74) is 0.918. The molecular formula is C31H50O3S2. The summed E-state index contributed by atoms with van der Waals surface area (Å²) >= 11 is 4.37. The summed E-state index contributed by atoms with van der Waals surface area (Å²) in [4.78, 5) is 11.6. The van der Waals surface area contributed by atoms with E-state index in [1.807, 2.05) is 0 Å². The number of rotatable bonds is 5. The fraction of sp³-hybridized carbons (Fsp3) is 0.968. The molecule has 6 rings (SSSR count). The van der Waals surface area contributed by atoms with Gasteiger partial charge < -0.3 is 9.47 Å². The molecular weight excluding hydrogens is 484 g/mol. The largest absolute Gasteiger partial charge is 0.463 e. The van der Waals surface area contributed by atoms with Gasteiger partial charge in [-0.2, -0.15) is 0 Å². The van der Waals surface area contributed by atoms with Gasteiger partial charge >= 0.3 is 5.97 Å². The maximum atomic E-state index is 11.6. The third-order valence-corrected chi connectivity index (χ3v) is 16.1. The molecule has 6 fully saturated rings. The van der Waals surface area contributed by atoms with Crippen LogP contribution in [0.2, 0.25) is 0 Å². The molecule has 5 heteroatoms. The molecule has 0 unspecified atom stereocenters. The summed E-state index contributed by atoms with van der Waals surface area (Å²) in [6.45, 7) is 11.9. The number of ether oxygens (including phenoxy) is 2. The average molecular weight is 535 g/mol. The van der Waals surface area contributed by atoms with E-state index < -0.39 is 0 Å². The Labute approximate surface area is 228 Å². The van der Waals surface area contributed by atoms with Gasteiger partial charge in [-0.3, -0.25) is 4.79 Å². The molecule has 204 valence electrons. The van der Waals surface area contributed by atoms with Crippen molar-refractivity contribution in [3.63, 3.8) is 0 Å². The topological polar surface area (TPSA) is 35.5 Å². The van der Waals surface area contributed by atoms with Gasteiger partial charge in [0, 0.05) is 18.4 Å².